The average molecular weight is 291 g/mol. The smallest absolute Gasteiger partial charge is 0.150 e. The van der Waals surface area contributed by atoms with Crippen molar-refractivity contribution >= 4 is 21.4 Å². The number of halogens is 1. The average Bonchev–Trinajstić information content (AvgIpc) is 2.77. The van der Waals surface area contributed by atoms with Crippen LogP contribution in [-0.2, 0) is 9.84 Å². The van der Waals surface area contributed by atoms with E-state index < -0.39 is 9.84 Å². The Labute approximate surface area is 113 Å². The SMILES string of the molecule is CC(Cl)c1cnn(C2CCCC(S(C)(=O)=O)C2)c1. The topological polar surface area (TPSA) is 52.0 Å². The fourth-order valence-electron chi connectivity index (χ4n) is 2.51. The molecule has 1 fully saturated rings. The second-order valence-corrected chi connectivity index (χ2v) is 8.12. The molecule has 3 unspecified atom stereocenters. The number of nitrogens with zero attached hydrogens (tertiary/aromatic N) is 2. The van der Waals surface area contributed by atoms with Crippen molar-refractivity contribution in [2.45, 2.75) is 49.3 Å². The van der Waals surface area contributed by atoms with E-state index in [-0.39, 0.29) is 16.7 Å². The maximum atomic E-state index is 11.6. The molecule has 4 nitrogen and oxygen atoms in total. The van der Waals surface area contributed by atoms with E-state index in [0.29, 0.717) is 6.42 Å². The highest BCUT2D eigenvalue weighted by molar-refractivity contribution is 7.91. The number of hydrogen-bond acceptors (Lipinski definition) is 3. The molecule has 1 aromatic rings. The second-order valence-electron chi connectivity index (χ2n) is 5.14. The summed E-state index contributed by atoms with van der Waals surface area (Å²) in [6.45, 7) is 1.91. The highest BCUT2D eigenvalue weighted by Gasteiger charge is 2.30. The van der Waals surface area contributed by atoms with Gasteiger partial charge in [0.2, 0.25) is 0 Å². The van der Waals surface area contributed by atoms with Crippen LogP contribution in [0.2, 0.25) is 0 Å². The molecule has 102 valence electrons. The third-order valence-electron chi connectivity index (χ3n) is 3.66. The molecule has 1 aliphatic carbocycles. The van der Waals surface area contributed by atoms with Crippen LogP contribution in [0.25, 0.3) is 0 Å². The summed E-state index contributed by atoms with van der Waals surface area (Å²) < 4.78 is 25.1. The first-order valence-electron chi connectivity index (χ1n) is 6.25. The Hall–Kier alpha value is -0.550. The summed E-state index contributed by atoms with van der Waals surface area (Å²) in [7, 11) is -2.94. The van der Waals surface area contributed by atoms with E-state index in [1.54, 1.807) is 6.20 Å². The van der Waals surface area contributed by atoms with E-state index in [1.807, 2.05) is 17.8 Å². The van der Waals surface area contributed by atoms with Crippen LogP contribution in [-0.4, -0.2) is 29.7 Å². The highest BCUT2D eigenvalue weighted by Crippen LogP contribution is 2.32. The molecule has 0 bridgehead atoms. The van der Waals surface area contributed by atoms with E-state index in [0.717, 1.165) is 24.8 Å². The summed E-state index contributed by atoms with van der Waals surface area (Å²) >= 11 is 6.01. The summed E-state index contributed by atoms with van der Waals surface area (Å²) in [5, 5.41) is 4.03. The van der Waals surface area contributed by atoms with Crippen LogP contribution in [0.1, 0.15) is 49.6 Å². The summed E-state index contributed by atoms with van der Waals surface area (Å²) in [4.78, 5) is 0. The van der Waals surface area contributed by atoms with E-state index in [1.165, 1.54) is 6.26 Å². The molecule has 0 radical (unpaired) electrons. The highest BCUT2D eigenvalue weighted by atomic mass is 35.5. The Morgan fingerprint density at radius 3 is 2.78 bits per heavy atom. The van der Waals surface area contributed by atoms with E-state index in [2.05, 4.69) is 5.10 Å². The number of rotatable bonds is 3. The molecule has 1 aromatic heterocycles. The van der Waals surface area contributed by atoms with Gasteiger partial charge in [0.05, 0.1) is 22.9 Å². The Kier molecular flexibility index (Phi) is 4.02. The predicted octanol–water partition coefficient (Wildman–Crippen LogP) is 2.71. The molecule has 3 atom stereocenters. The Balaban J connectivity index is 2.13. The van der Waals surface area contributed by atoms with Crippen LogP contribution in [0.15, 0.2) is 12.4 Å². The first kappa shape index (κ1) is 13.9. The first-order valence-corrected chi connectivity index (χ1v) is 8.64. The van der Waals surface area contributed by atoms with Gasteiger partial charge in [-0.3, -0.25) is 4.68 Å². The van der Waals surface area contributed by atoms with Crippen LogP contribution in [0.3, 0.4) is 0 Å². The Morgan fingerprint density at radius 2 is 2.22 bits per heavy atom. The lowest BCUT2D eigenvalue weighted by atomic mass is 9.95. The zero-order valence-electron chi connectivity index (χ0n) is 10.7. The first-order chi connectivity index (χ1) is 8.38. The molecule has 0 aliphatic heterocycles. The number of alkyl halides is 1. The van der Waals surface area contributed by atoms with E-state index >= 15 is 0 Å². The zero-order valence-corrected chi connectivity index (χ0v) is 12.3. The van der Waals surface area contributed by atoms with Gasteiger partial charge in [0.25, 0.3) is 0 Å². The largest absolute Gasteiger partial charge is 0.269 e. The van der Waals surface area contributed by atoms with Crippen molar-refractivity contribution in [3.05, 3.63) is 18.0 Å². The van der Waals surface area contributed by atoms with Crippen molar-refractivity contribution in [3.8, 4) is 0 Å². The van der Waals surface area contributed by atoms with Crippen LogP contribution < -0.4 is 0 Å². The fourth-order valence-corrected chi connectivity index (χ4v) is 3.79. The van der Waals surface area contributed by atoms with Crippen molar-refractivity contribution in [2.24, 2.45) is 0 Å². The van der Waals surface area contributed by atoms with Gasteiger partial charge in [-0.2, -0.15) is 5.10 Å². The third-order valence-corrected chi connectivity index (χ3v) is 5.55. The Morgan fingerprint density at radius 1 is 1.50 bits per heavy atom. The van der Waals surface area contributed by atoms with E-state index in [9.17, 15) is 8.42 Å². The van der Waals surface area contributed by atoms with Gasteiger partial charge in [0, 0.05) is 18.0 Å². The van der Waals surface area contributed by atoms with Gasteiger partial charge in [0.15, 0.2) is 0 Å². The van der Waals surface area contributed by atoms with Crippen LogP contribution in [0.4, 0.5) is 0 Å². The normalized spacial score (nSPS) is 27.1. The second kappa shape index (κ2) is 5.21. The van der Waals surface area contributed by atoms with Crippen molar-refractivity contribution in [3.63, 3.8) is 0 Å². The van der Waals surface area contributed by atoms with Gasteiger partial charge in [-0.25, -0.2) is 8.42 Å². The molecule has 1 saturated carbocycles. The van der Waals surface area contributed by atoms with Gasteiger partial charge in [-0.05, 0) is 26.2 Å². The molecule has 0 saturated heterocycles. The van der Waals surface area contributed by atoms with Gasteiger partial charge < -0.3 is 0 Å². The van der Waals surface area contributed by atoms with Crippen molar-refractivity contribution in [1.29, 1.82) is 0 Å². The van der Waals surface area contributed by atoms with Crippen LogP contribution >= 0.6 is 11.6 Å². The molecule has 0 aromatic carbocycles. The van der Waals surface area contributed by atoms with E-state index in [4.69, 9.17) is 11.6 Å². The molecule has 0 N–H and O–H groups in total. The summed E-state index contributed by atoms with van der Waals surface area (Å²) in [5.74, 6) is 0. The molecule has 6 heteroatoms. The standard InChI is InChI=1S/C12H19ClN2O2S/c1-9(13)10-7-14-15(8-10)11-4-3-5-12(6-11)18(2,16)17/h7-9,11-12H,3-6H2,1-2H3. The lowest BCUT2D eigenvalue weighted by Gasteiger charge is -2.28. The maximum Gasteiger partial charge on any atom is 0.150 e. The third kappa shape index (κ3) is 3.06. The molecule has 18 heavy (non-hydrogen) atoms. The van der Waals surface area contributed by atoms with Crippen LogP contribution in [0.5, 0.6) is 0 Å². The molecule has 2 rings (SSSR count). The maximum absolute atomic E-state index is 11.6. The van der Waals surface area contributed by atoms with Crippen molar-refractivity contribution in [1.82, 2.24) is 9.78 Å². The van der Waals surface area contributed by atoms with Crippen LogP contribution in [0, 0.1) is 0 Å². The molecule has 0 amide bonds. The summed E-state index contributed by atoms with van der Waals surface area (Å²) in [6, 6.07) is 0.183. The lowest BCUT2D eigenvalue weighted by molar-refractivity contribution is 0.329. The molecule has 1 heterocycles. The van der Waals surface area contributed by atoms with Gasteiger partial charge in [0.1, 0.15) is 9.84 Å². The van der Waals surface area contributed by atoms with Gasteiger partial charge >= 0.3 is 0 Å². The van der Waals surface area contributed by atoms with Crippen molar-refractivity contribution in [2.75, 3.05) is 6.26 Å². The summed E-state index contributed by atoms with van der Waals surface area (Å²) in [6.07, 6.45) is 8.40. The molecule has 1 aliphatic rings. The molecule has 0 spiro atoms. The van der Waals surface area contributed by atoms with Gasteiger partial charge in [-0.1, -0.05) is 6.42 Å². The number of aromatic nitrogens is 2. The zero-order chi connectivity index (χ0) is 13.3. The predicted molar refractivity (Wildman–Crippen MR) is 72.6 cm³/mol. The quantitative estimate of drug-likeness (QED) is 0.804. The fraction of sp³-hybridized carbons (Fsp3) is 0.750. The molecular weight excluding hydrogens is 272 g/mol. The number of hydrogen-bond donors (Lipinski definition) is 0. The minimum Gasteiger partial charge on any atom is -0.269 e. The number of sulfone groups is 1. The minimum absolute atomic E-state index is 0.0620. The van der Waals surface area contributed by atoms with Crippen molar-refractivity contribution < 1.29 is 8.42 Å². The Bertz CT molecular complexity index is 510. The monoisotopic (exact) mass is 290 g/mol. The minimum atomic E-state index is -2.94. The molecular formula is C12H19ClN2O2S. The van der Waals surface area contributed by atoms with Gasteiger partial charge in [-0.15, -0.1) is 11.6 Å². The summed E-state index contributed by atoms with van der Waals surface area (Å²) in [5.41, 5.74) is 0.984. The lowest BCUT2D eigenvalue weighted by Crippen LogP contribution is -2.29.